The fourth-order valence-corrected chi connectivity index (χ4v) is 2.23. The summed E-state index contributed by atoms with van der Waals surface area (Å²) in [4.78, 5) is 9.71. The zero-order valence-corrected chi connectivity index (χ0v) is 10.3. The molecule has 4 heteroatoms. The molecule has 0 spiro atoms. The van der Waals surface area contributed by atoms with E-state index in [0.717, 1.165) is 11.6 Å². The van der Waals surface area contributed by atoms with Crippen LogP contribution in [0.1, 0.15) is 28.4 Å². The van der Waals surface area contributed by atoms with Crippen LogP contribution in [-0.2, 0) is 6.54 Å². The number of rotatable bonds is 4. The lowest BCUT2D eigenvalue weighted by molar-refractivity contribution is 0.571. The molecule has 16 heavy (non-hydrogen) atoms. The second-order valence-corrected chi connectivity index (χ2v) is 5.04. The number of aryl methyl sites for hydroxylation is 1. The number of hydrogen-bond donors (Lipinski definition) is 1. The number of thiazole rings is 1. The first kappa shape index (κ1) is 11.2. The molecule has 2 aromatic heterocycles. The summed E-state index contributed by atoms with van der Waals surface area (Å²) in [7, 11) is 0. The van der Waals surface area contributed by atoms with E-state index in [2.05, 4.69) is 35.2 Å². The molecule has 1 unspecified atom stereocenters. The normalized spacial score (nSPS) is 12.6. The van der Waals surface area contributed by atoms with Crippen molar-refractivity contribution in [1.29, 1.82) is 0 Å². The van der Waals surface area contributed by atoms with Gasteiger partial charge in [-0.2, -0.15) is 0 Å². The van der Waals surface area contributed by atoms with Gasteiger partial charge < -0.3 is 5.32 Å². The van der Waals surface area contributed by atoms with Crippen LogP contribution in [-0.4, -0.2) is 9.97 Å². The molecule has 0 aliphatic heterocycles. The smallest absolute Gasteiger partial charge is 0.109 e. The molecular weight excluding hydrogens is 218 g/mol. The Bertz CT molecular complexity index is 439. The van der Waals surface area contributed by atoms with Gasteiger partial charge in [-0.15, -0.1) is 11.3 Å². The van der Waals surface area contributed by atoms with Gasteiger partial charge in [0.1, 0.15) is 5.01 Å². The first-order chi connectivity index (χ1) is 7.75. The Hall–Kier alpha value is -1.26. The summed E-state index contributed by atoms with van der Waals surface area (Å²) in [6.45, 7) is 5.04. The lowest BCUT2D eigenvalue weighted by Gasteiger charge is -2.10. The molecule has 84 valence electrons. The predicted molar refractivity (Wildman–Crippen MR) is 66.3 cm³/mol. The highest BCUT2D eigenvalue weighted by Crippen LogP contribution is 2.19. The SMILES string of the molecule is Cc1cnc(C(C)NCc2cccnc2)s1. The van der Waals surface area contributed by atoms with E-state index in [1.54, 1.807) is 17.5 Å². The summed E-state index contributed by atoms with van der Waals surface area (Å²) >= 11 is 1.74. The van der Waals surface area contributed by atoms with Gasteiger partial charge in [0.25, 0.3) is 0 Å². The van der Waals surface area contributed by atoms with Crippen LogP contribution in [0.15, 0.2) is 30.7 Å². The van der Waals surface area contributed by atoms with Crippen LogP contribution >= 0.6 is 11.3 Å². The molecule has 0 aliphatic rings. The van der Waals surface area contributed by atoms with E-state index in [1.807, 2.05) is 18.5 Å². The Morgan fingerprint density at radius 2 is 2.31 bits per heavy atom. The molecular formula is C12H15N3S. The van der Waals surface area contributed by atoms with E-state index in [9.17, 15) is 0 Å². The predicted octanol–water partition coefficient (Wildman–Crippen LogP) is 2.70. The maximum atomic E-state index is 4.37. The second kappa shape index (κ2) is 5.18. The highest BCUT2D eigenvalue weighted by atomic mass is 32.1. The molecule has 0 aliphatic carbocycles. The number of hydrogen-bond acceptors (Lipinski definition) is 4. The van der Waals surface area contributed by atoms with Crippen molar-refractivity contribution in [3.8, 4) is 0 Å². The van der Waals surface area contributed by atoms with Crippen molar-refractivity contribution in [2.45, 2.75) is 26.4 Å². The highest BCUT2D eigenvalue weighted by molar-refractivity contribution is 7.11. The molecule has 0 saturated carbocycles. The van der Waals surface area contributed by atoms with Crippen molar-refractivity contribution in [2.75, 3.05) is 0 Å². The fourth-order valence-electron chi connectivity index (χ4n) is 1.43. The zero-order valence-electron chi connectivity index (χ0n) is 9.47. The Morgan fingerprint density at radius 1 is 1.44 bits per heavy atom. The molecule has 1 N–H and O–H groups in total. The summed E-state index contributed by atoms with van der Waals surface area (Å²) in [6.07, 6.45) is 5.59. The molecule has 0 radical (unpaired) electrons. The van der Waals surface area contributed by atoms with Crippen LogP contribution in [0.5, 0.6) is 0 Å². The zero-order chi connectivity index (χ0) is 11.4. The molecule has 0 aromatic carbocycles. The number of pyridine rings is 1. The maximum absolute atomic E-state index is 4.37. The summed E-state index contributed by atoms with van der Waals surface area (Å²) in [5.74, 6) is 0. The first-order valence-electron chi connectivity index (χ1n) is 5.30. The molecule has 2 heterocycles. The van der Waals surface area contributed by atoms with Crippen LogP contribution in [0.25, 0.3) is 0 Å². The minimum atomic E-state index is 0.291. The van der Waals surface area contributed by atoms with E-state index in [-0.39, 0.29) is 0 Å². The maximum Gasteiger partial charge on any atom is 0.109 e. The molecule has 0 amide bonds. The van der Waals surface area contributed by atoms with Crippen LogP contribution in [0.4, 0.5) is 0 Å². The summed E-state index contributed by atoms with van der Waals surface area (Å²) in [5.41, 5.74) is 1.20. The summed E-state index contributed by atoms with van der Waals surface area (Å²) < 4.78 is 0. The molecule has 0 saturated heterocycles. The van der Waals surface area contributed by atoms with Gasteiger partial charge >= 0.3 is 0 Å². The van der Waals surface area contributed by atoms with Crippen molar-refractivity contribution in [3.05, 3.63) is 46.2 Å². The van der Waals surface area contributed by atoms with E-state index in [4.69, 9.17) is 0 Å². The van der Waals surface area contributed by atoms with E-state index in [0.29, 0.717) is 6.04 Å². The fraction of sp³-hybridized carbons (Fsp3) is 0.333. The lowest BCUT2D eigenvalue weighted by atomic mass is 10.2. The molecule has 0 bridgehead atoms. The number of nitrogens with zero attached hydrogens (tertiary/aromatic N) is 2. The topological polar surface area (TPSA) is 37.8 Å². The van der Waals surface area contributed by atoms with Crippen molar-refractivity contribution in [1.82, 2.24) is 15.3 Å². The minimum absolute atomic E-state index is 0.291. The van der Waals surface area contributed by atoms with Gasteiger partial charge in [0, 0.05) is 30.0 Å². The van der Waals surface area contributed by atoms with E-state index >= 15 is 0 Å². The van der Waals surface area contributed by atoms with Crippen molar-refractivity contribution < 1.29 is 0 Å². The minimum Gasteiger partial charge on any atom is -0.304 e. The molecule has 1 atom stereocenters. The molecule has 2 rings (SSSR count). The van der Waals surface area contributed by atoms with Gasteiger partial charge in [0.05, 0.1) is 6.04 Å². The summed E-state index contributed by atoms with van der Waals surface area (Å²) in [5, 5.41) is 4.58. The number of nitrogens with one attached hydrogen (secondary N) is 1. The van der Waals surface area contributed by atoms with E-state index in [1.165, 1.54) is 10.4 Å². The quantitative estimate of drug-likeness (QED) is 0.882. The van der Waals surface area contributed by atoms with Crippen LogP contribution < -0.4 is 5.32 Å². The largest absolute Gasteiger partial charge is 0.304 e. The Kier molecular flexibility index (Phi) is 3.64. The van der Waals surface area contributed by atoms with Crippen LogP contribution in [0, 0.1) is 6.92 Å². The van der Waals surface area contributed by atoms with Gasteiger partial charge in [-0.1, -0.05) is 6.07 Å². The Morgan fingerprint density at radius 3 is 2.94 bits per heavy atom. The van der Waals surface area contributed by atoms with Gasteiger partial charge in [0.15, 0.2) is 0 Å². The first-order valence-corrected chi connectivity index (χ1v) is 6.12. The van der Waals surface area contributed by atoms with Crippen LogP contribution in [0.3, 0.4) is 0 Å². The highest BCUT2D eigenvalue weighted by Gasteiger charge is 2.08. The number of aromatic nitrogens is 2. The standard InChI is InChI=1S/C12H15N3S/c1-9-6-15-12(16-9)10(2)14-8-11-4-3-5-13-7-11/h3-7,10,14H,8H2,1-2H3. The van der Waals surface area contributed by atoms with Crippen LogP contribution in [0.2, 0.25) is 0 Å². The van der Waals surface area contributed by atoms with Crippen molar-refractivity contribution >= 4 is 11.3 Å². The Labute approximate surface area is 99.6 Å². The molecule has 0 fully saturated rings. The summed E-state index contributed by atoms with van der Waals surface area (Å²) in [6, 6.07) is 4.31. The van der Waals surface area contributed by atoms with Crippen molar-refractivity contribution in [2.24, 2.45) is 0 Å². The third-order valence-corrected chi connectivity index (χ3v) is 3.44. The van der Waals surface area contributed by atoms with Gasteiger partial charge in [0.2, 0.25) is 0 Å². The van der Waals surface area contributed by atoms with Gasteiger partial charge in [-0.25, -0.2) is 4.98 Å². The third kappa shape index (κ3) is 2.87. The average Bonchev–Trinajstić information content (AvgIpc) is 2.74. The average molecular weight is 233 g/mol. The Balaban J connectivity index is 1.91. The second-order valence-electron chi connectivity index (χ2n) is 3.77. The lowest BCUT2D eigenvalue weighted by Crippen LogP contribution is -2.17. The van der Waals surface area contributed by atoms with E-state index < -0.39 is 0 Å². The monoisotopic (exact) mass is 233 g/mol. The molecule has 2 aromatic rings. The van der Waals surface area contributed by atoms with Gasteiger partial charge in [-0.3, -0.25) is 4.98 Å². The van der Waals surface area contributed by atoms with Crippen molar-refractivity contribution in [3.63, 3.8) is 0 Å². The molecule has 3 nitrogen and oxygen atoms in total. The third-order valence-electron chi connectivity index (χ3n) is 2.34. The van der Waals surface area contributed by atoms with Gasteiger partial charge in [-0.05, 0) is 25.5 Å².